The number of rotatable bonds is 2. The summed E-state index contributed by atoms with van der Waals surface area (Å²) in [4.78, 5) is 0. The Morgan fingerprint density at radius 3 is 2.44 bits per heavy atom. The van der Waals surface area contributed by atoms with Crippen LogP contribution in [-0.4, -0.2) is 14.2 Å². The summed E-state index contributed by atoms with van der Waals surface area (Å²) in [5.74, 6) is 0.362. The highest BCUT2D eigenvalue weighted by Crippen LogP contribution is 2.53. The standard InChI is InChI=1S/C12H11FO3/c1-14-9-5-6(13)12(15-2)11-8-4-3-7(16-8)10(9)11/h3-5,7-8H,1-2H3. The zero-order valence-electron chi connectivity index (χ0n) is 8.99. The van der Waals surface area contributed by atoms with Gasteiger partial charge in [-0.25, -0.2) is 4.39 Å². The SMILES string of the molecule is COc1cc(F)c(OC)c2c1C1C=CC2O1. The van der Waals surface area contributed by atoms with E-state index < -0.39 is 5.82 Å². The molecular formula is C12H11FO3. The van der Waals surface area contributed by atoms with Gasteiger partial charge in [0.2, 0.25) is 0 Å². The molecule has 4 heteroatoms. The van der Waals surface area contributed by atoms with Crippen molar-refractivity contribution < 1.29 is 18.6 Å². The number of benzene rings is 1. The molecule has 16 heavy (non-hydrogen) atoms. The van der Waals surface area contributed by atoms with E-state index in [9.17, 15) is 4.39 Å². The molecule has 0 radical (unpaired) electrons. The van der Waals surface area contributed by atoms with Crippen molar-refractivity contribution in [1.29, 1.82) is 0 Å². The summed E-state index contributed by atoms with van der Waals surface area (Å²) < 4.78 is 29.7. The molecule has 0 spiro atoms. The number of methoxy groups -OCH3 is 2. The largest absolute Gasteiger partial charge is 0.496 e. The average Bonchev–Trinajstić information content (AvgIpc) is 2.88. The lowest BCUT2D eigenvalue weighted by molar-refractivity contribution is 0.0861. The highest BCUT2D eigenvalue weighted by atomic mass is 19.1. The average molecular weight is 222 g/mol. The maximum Gasteiger partial charge on any atom is 0.169 e. The normalized spacial score (nSPS) is 24.7. The van der Waals surface area contributed by atoms with Gasteiger partial charge in [-0.2, -0.15) is 0 Å². The van der Waals surface area contributed by atoms with Crippen molar-refractivity contribution in [3.05, 3.63) is 35.2 Å². The monoisotopic (exact) mass is 222 g/mol. The molecule has 84 valence electrons. The number of hydrogen-bond acceptors (Lipinski definition) is 3. The molecule has 2 bridgehead atoms. The second-order valence-corrected chi connectivity index (χ2v) is 3.78. The third kappa shape index (κ3) is 1.05. The minimum absolute atomic E-state index is 0.135. The molecule has 2 aliphatic rings. The number of hydrogen-bond donors (Lipinski definition) is 0. The fourth-order valence-electron chi connectivity index (χ4n) is 2.37. The van der Waals surface area contributed by atoms with Gasteiger partial charge in [0.1, 0.15) is 18.0 Å². The molecule has 1 aromatic rings. The molecule has 0 N–H and O–H groups in total. The van der Waals surface area contributed by atoms with Gasteiger partial charge in [-0.05, 0) is 0 Å². The number of ether oxygens (including phenoxy) is 3. The molecule has 0 amide bonds. The molecule has 0 aliphatic carbocycles. The predicted molar refractivity (Wildman–Crippen MR) is 55.2 cm³/mol. The van der Waals surface area contributed by atoms with Crippen molar-refractivity contribution in [2.75, 3.05) is 14.2 Å². The zero-order valence-corrected chi connectivity index (χ0v) is 8.99. The van der Waals surface area contributed by atoms with Gasteiger partial charge in [-0.3, -0.25) is 0 Å². The third-order valence-corrected chi connectivity index (χ3v) is 3.02. The number of fused-ring (bicyclic) bond motifs is 5. The topological polar surface area (TPSA) is 27.7 Å². The summed E-state index contributed by atoms with van der Waals surface area (Å²) in [7, 11) is 2.98. The van der Waals surface area contributed by atoms with E-state index in [2.05, 4.69) is 0 Å². The number of halogens is 1. The van der Waals surface area contributed by atoms with Crippen LogP contribution >= 0.6 is 0 Å². The summed E-state index contributed by atoms with van der Waals surface area (Å²) in [6.45, 7) is 0. The lowest BCUT2D eigenvalue weighted by atomic mass is 9.94. The molecule has 2 atom stereocenters. The van der Waals surface area contributed by atoms with Gasteiger partial charge >= 0.3 is 0 Å². The lowest BCUT2D eigenvalue weighted by Gasteiger charge is -2.16. The first kappa shape index (κ1) is 9.66. The second-order valence-electron chi connectivity index (χ2n) is 3.78. The second kappa shape index (κ2) is 3.22. The van der Waals surface area contributed by atoms with E-state index in [0.29, 0.717) is 5.75 Å². The van der Waals surface area contributed by atoms with Gasteiger partial charge in [-0.15, -0.1) is 0 Å². The highest BCUT2D eigenvalue weighted by molar-refractivity contribution is 5.58. The van der Waals surface area contributed by atoms with Crippen LogP contribution in [0.15, 0.2) is 18.2 Å². The van der Waals surface area contributed by atoms with Gasteiger partial charge in [0.15, 0.2) is 11.6 Å². The van der Waals surface area contributed by atoms with E-state index in [4.69, 9.17) is 14.2 Å². The Kier molecular flexibility index (Phi) is 1.94. The van der Waals surface area contributed by atoms with E-state index >= 15 is 0 Å². The summed E-state index contributed by atoms with van der Waals surface area (Å²) in [5.41, 5.74) is 1.64. The Morgan fingerprint density at radius 1 is 1.12 bits per heavy atom. The van der Waals surface area contributed by atoms with Crippen LogP contribution in [0.2, 0.25) is 0 Å². The van der Waals surface area contributed by atoms with Crippen LogP contribution in [0.5, 0.6) is 11.5 Å². The molecule has 2 heterocycles. The fraction of sp³-hybridized carbons (Fsp3) is 0.333. The summed E-state index contributed by atoms with van der Waals surface area (Å²) in [5, 5.41) is 0. The van der Waals surface area contributed by atoms with E-state index in [1.54, 1.807) is 0 Å². The molecule has 0 fully saturated rings. The van der Waals surface area contributed by atoms with Crippen molar-refractivity contribution in [3.63, 3.8) is 0 Å². The Hall–Kier alpha value is -1.55. The molecule has 0 saturated carbocycles. The maximum atomic E-state index is 13.7. The van der Waals surface area contributed by atoms with Crippen molar-refractivity contribution in [1.82, 2.24) is 0 Å². The van der Waals surface area contributed by atoms with E-state index in [1.165, 1.54) is 20.3 Å². The Labute approximate surface area is 92.4 Å². The maximum absolute atomic E-state index is 13.7. The molecule has 1 aromatic carbocycles. The smallest absolute Gasteiger partial charge is 0.169 e. The quantitative estimate of drug-likeness (QED) is 0.719. The fourth-order valence-corrected chi connectivity index (χ4v) is 2.37. The van der Waals surface area contributed by atoms with Crippen molar-refractivity contribution in [2.24, 2.45) is 0 Å². The van der Waals surface area contributed by atoms with Gasteiger partial charge in [-0.1, -0.05) is 12.2 Å². The molecule has 2 aliphatic heterocycles. The van der Waals surface area contributed by atoms with Gasteiger partial charge < -0.3 is 14.2 Å². The third-order valence-electron chi connectivity index (χ3n) is 3.02. The molecular weight excluding hydrogens is 211 g/mol. The Balaban J connectivity index is 2.28. The summed E-state index contributed by atoms with van der Waals surface area (Å²) >= 11 is 0. The molecule has 2 unspecified atom stereocenters. The van der Waals surface area contributed by atoms with Crippen LogP contribution in [0.4, 0.5) is 4.39 Å². The highest BCUT2D eigenvalue weighted by Gasteiger charge is 2.40. The lowest BCUT2D eigenvalue weighted by Crippen LogP contribution is -2.03. The summed E-state index contributed by atoms with van der Waals surface area (Å²) in [6.07, 6.45) is 3.52. The van der Waals surface area contributed by atoms with Crippen LogP contribution in [0, 0.1) is 5.82 Å². The zero-order chi connectivity index (χ0) is 11.3. The predicted octanol–water partition coefficient (Wildman–Crippen LogP) is 2.53. The van der Waals surface area contributed by atoms with Crippen LogP contribution < -0.4 is 9.47 Å². The Morgan fingerprint density at radius 2 is 1.81 bits per heavy atom. The minimum Gasteiger partial charge on any atom is -0.496 e. The van der Waals surface area contributed by atoms with Gasteiger partial charge in [0.05, 0.1) is 14.2 Å². The molecule has 0 saturated heterocycles. The summed E-state index contributed by atoms with van der Waals surface area (Å²) in [6, 6.07) is 1.34. The van der Waals surface area contributed by atoms with Crippen LogP contribution in [0.3, 0.4) is 0 Å². The van der Waals surface area contributed by atoms with Crippen molar-refractivity contribution >= 4 is 0 Å². The first-order valence-corrected chi connectivity index (χ1v) is 5.04. The molecule has 3 rings (SSSR count). The van der Waals surface area contributed by atoms with Crippen LogP contribution in [0.1, 0.15) is 23.3 Å². The van der Waals surface area contributed by atoms with E-state index in [0.717, 1.165) is 11.1 Å². The Bertz CT molecular complexity index is 482. The minimum atomic E-state index is -0.414. The van der Waals surface area contributed by atoms with Crippen LogP contribution in [-0.2, 0) is 4.74 Å². The molecule has 3 nitrogen and oxygen atoms in total. The van der Waals surface area contributed by atoms with Crippen molar-refractivity contribution in [2.45, 2.75) is 12.2 Å². The van der Waals surface area contributed by atoms with Crippen molar-refractivity contribution in [3.8, 4) is 11.5 Å². The van der Waals surface area contributed by atoms with E-state index in [1.807, 2.05) is 12.2 Å². The van der Waals surface area contributed by atoms with Gasteiger partial charge in [0, 0.05) is 17.2 Å². The van der Waals surface area contributed by atoms with Gasteiger partial charge in [0.25, 0.3) is 0 Å². The van der Waals surface area contributed by atoms with Crippen LogP contribution in [0.25, 0.3) is 0 Å². The first-order chi connectivity index (χ1) is 7.76. The first-order valence-electron chi connectivity index (χ1n) is 5.04. The van der Waals surface area contributed by atoms with E-state index in [-0.39, 0.29) is 18.0 Å². The molecule has 0 aromatic heterocycles.